The van der Waals surface area contributed by atoms with E-state index in [1.54, 1.807) is 0 Å². The van der Waals surface area contributed by atoms with Crippen LogP contribution in [0.4, 0.5) is 0 Å². The molecule has 0 spiro atoms. The molecule has 0 aromatic heterocycles. The van der Waals surface area contributed by atoms with E-state index in [-0.39, 0.29) is 16.9 Å². The number of Topliss-reactive ketones (excluding diaryl/α,β-unsaturated/α-hetero) is 2. The van der Waals surface area contributed by atoms with Gasteiger partial charge in [0.1, 0.15) is 5.75 Å². The van der Waals surface area contributed by atoms with Crippen molar-refractivity contribution in [3.8, 4) is 5.75 Å². The van der Waals surface area contributed by atoms with Crippen LogP contribution in [0.1, 0.15) is 20.7 Å². The van der Waals surface area contributed by atoms with Gasteiger partial charge >= 0.3 is 0 Å². The third-order valence-electron chi connectivity index (χ3n) is 2.15. The first-order chi connectivity index (χ1) is 7.02. The number of aliphatic hydroxyl groups is 2. The molecule has 0 radical (unpaired) electrons. The van der Waals surface area contributed by atoms with E-state index in [0.717, 1.165) is 6.07 Å². The standard InChI is InChI=1S/C10H6O5/c11-4-1-2-5-6(3-4)8(13)10(15)9(14)7(5)12/h1-3,11,14-15H. The number of rotatable bonds is 0. The van der Waals surface area contributed by atoms with Gasteiger partial charge in [0.2, 0.25) is 23.1 Å². The van der Waals surface area contributed by atoms with Gasteiger partial charge in [-0.15, -0.1) is 0 Å². The van der Waals surface area contributed by atoms with Crippen molar-refractivity contribution in [2.24, 2.45) is 0 Å². The first-order valence-electron chi connectivity index (χ1n) is 4.07. The highest BCUT2D eigenvalue weighted by molar-refractivity contribution is 6.25. The van der Waals surface area contributed by atoms with Crippen LogP contribution >= 0.6 is 0 Å². The summed E-state index contributed by atoms with van der Waals surface area (Å²) in [7, 11) is 0. The molecule has 0 heterocycles. The quantitative estimate of drug-likeness (QED) is 0.590. The average Bonchev–Trinajstić information content (AvgIpc) is 2.23. The molecule has 0 fully saturated rings. The van der Waals surface area contributed by atoms with Crippen LogP contribution in [0.3, 0.4) is 0 Å². The smallest absolute Gasteiger partial charge is 0.232 e. The number of phenolic OH excluding ortho intramolecular Hbond substituents is 1. The molecule has 5 heteroatoms. The summed E-state index contributed by atoms with van der Waals surface area (Å²) in [6.07, 6.45) is 0. The molecule has 1 aromatic carbocycles. The van der Waals surface area contributed by atoms with Crippen LogP contribution in [0.15, 0.2) is 29.7 Å². The third-order valence-corrected chi connectivity index (χ3v) is 2.15. The van der Waals surface area contributed by atoms with Gasteiger partial charge in [0.15, 0.2) is 0 Å². The van der Waals surface area contributed by atoms with E-state index in [2.05, 4.69) is 0 Å². The highest BCUT2D eigenvalue weighted by atomic mass is 16.3. The Morgan fingerprint density at radius 2 is 1.33 bits per heavy atom. The SMILES string of the molecule is O=C1C(O)=C(O)C(=O)c2cc(O)ccc21. The minimum atomic E-state index is -0.988. The molecule has 1 aliphatic carbocycles. The van der Waals surface area contributed by atoms with E-state index in [4.69, 9.17) is 15.3 Å². The Morgan fingerprint density at radius 3 is 1.93 bits per heavy atom. The number of fused-ring (bicyclic) bond motifs is 1. The van der Waals surface area contributed by atoms with Gasteiger partial charge in [-0.25, -0.2) is 0 Å². The maximum atomic E-state index is 11.4. The summed E-state index contributed by atoms with van der Waals surface area (Å²) >= 11 is 0. The summed E-state index contributed by atoms with van der Waals surface area (Å²) in [6, 6.07) is 3.51. The maximum absolute atomic E-state index is 11.4. The van der Waals surface area contributed by atoms with Gasteiger partial charge in [-0.05, 0) is 18.2 Å². The van der Waals surface area contributed by atoms with E-state index in [1.165, 1.54) is 12.1 Å². The molecule has 0 bridgehead atoms. The van der Waals surface area contributed by atoms with Gasteiger partial charge in [0, 0.05) is 11.1 Å². The van der Waals surface area contributed by atoms with Crippen LogP contribution in [0.5, 0.6) is 5.75 Å². The van der Waals surface area contributed by atoms with Gasteiger partial charge in [-0.1, -0.05) is 0 Å². The molecule has 0 amide bonds. The third kappa shape index (κ3) is 1.17. The summed E-state index contributed by atoms with van der Waals surface area (Å²) in [5.74, 6) is -3.85. The maximum Gasteiger partial charge on any atom is 0.232 e. The Bertz CT molecular complexity index is 513. The fraction of sp³-hybridized carbons (Fsp3) is 0. The van der Waals surface area contributed by atoms with Gasteiger partial charge in [0.25, 0.3) is 0 Å². The molecular formula is C10H6O5. The molecule has 2 rings (SSSR count). The predicted molar refractivity (Wildman–Crippen MR) is 49.1 cm³/mol. The fourth-order valence-corrected chi connectivity index (χ4v) is 1.39. The second kappa shape index (κ2) is 2.84. The number of hydrogen-bond donors (Lipinski definition) is 3. The zero-order valence-electron chi connectivity index (χ0n) is 7.39. The van der Waals surface area contributed by atoms with Crippen LogP contribution in [0, 0.1) is 0 Å². The number of carbonyl (C=O) groups is 2. The Labute approximate surface area is 83.9 Å². The summed E-state index contributed by atoms with van der Waals surface area (Å²) in [5, 5.41) is 27.4. The first kappa shape index (κ1) is 9.26. The zero-order valence-corrected chi connectivity index (χ0v) is 7.39. The highest BCUT2D eigenvalue weighted by Crippen LogP contribution is 2.26. The molecule has 3 N–H and O–H groups in total. The summed E-state index contributed by atoms with van der Waals surface area (Å²) < 4.78 is 0. The van der Waals surface area contributed by atoms with Gasteiger partial charge in [0.05, 0.1) is 0 Å². The lowest BCUT2D eigenvalue weighted by Crippen LogP contribution is -2.21. The molecule has 0 aliphatic heterocycles. The van der Waals surface area contributed by atoms with Gasteiger partial charge < -0.3 is 15.3 Å². The lowest BCUT2D eigenvalue weighted by molar-refractivity contribution is 0.0880. The number of carbonyl (C=O) groups excluding carboxylic acids is 2. The molecule has 15 heavy (non-hydrogen) atoms. The topological polar surface area (TPSA) is 94.8 Å². The summed E-state index contributed by atoms with van der Waals surface area (Å²) in [4.78, 5) is 22.8. The van der Waals surface area contributed by atoms with Crippen molar-refractivity contribution in [1.82, 2.24) is 0 Å². The van der Waals surface area contributed by atoms with Gasteiger partial charge in [-0.3, -0.25) is 9.59 Å². The monoisotopic (exact) mass is 206 g/mol. The number of allylic oxidation sites excluding steroid dienone is 2. The Morgan fingerprint density at radius 1 is 0.800 bits per heavy atom. The average molecular weight is 206 g/mol. The molecule has 1 aliphatic rings. The van der Waals surface area contributed by atoms with Crippen molar-refractivity contribution in [3.05, 3.63) is 40.8 Å². The number of hydrogen-bond acceptors (Lipinski definition) is 5. The Balaban J connectivity index is 2.73. The second-order valence-electron chi connectivity index (χ2n) is 3.09. The van der Waals surface area contributed by atoms with Crippen molar-refractivity contribution in [2.75, 3.05) is 0 Å². The van der Waals surface area contributed by atoms with E-state index >= 15 is 0 Å². The van der Waals surface area contributed by atoms with E-state index in [9.17, 15) is 9.59 Å². The van der Waals surface area contributed by atoms with E-state index in [1.807, 2.05) is 0 Å². The minimum absolute atomic E-state index is 0.0342. The largest absolute Gasteiger partial charge is 0.508 e. The Kier molecular flexibility index (Phi) is 1.76. The molecule has 0 unspecified atom stereocenters. The van der Waals surface area contributed by atoms with E-state index < -0.39 is 23.1 Å². The normalized spacial score (nSPS) is 15.5. The molecule has 76 valence electrons. The van der Waals surface area contributed by atoms with Crippen LogP contribution in [-0.2, 0) is 0 Å². The first-order valence-corrected chi connectivity index (χ1v) is 4.07. The number of aliphatic hydroxyl groups excluding tert-OH is 2. The van der Waals surface area contributed by atoms with Crippen molar-refractivity contribution >= 4 is 11.6 Å². The lowest BCUT2D eigenvalue weighted by atomic mass is 9.92. The summed E-state index contributed by atoms with van der Waals surface area (Å²) in [5.41, 5.74) is -0.150. The van der Waals surface area contributed by atoms with E-state index in [0.29, 0.717) is 0 Å². The molecule has 0 saturated heterocycles. The number of phenols is 1. The highest BCUT2D eigenvalue weighted by Gasteiger charge is 2.32. The molecule has 1 aromatic rings. The summed E-state index contributed by atoms with van der Waals surface area (Å²) in [6.45, 7) is 0. The number of aromatic hydroxyl groups is 1. The molecule has 0 saturated carbocycles. The van der Waals surface area contributed by atoms with Crippen molar-refractivity contribution in [1.29, 1.82) is 0 Å². The van der Waals surface area contributed by atoms with Crippen molar-refractivity contribution < 1.29 is 24.9 Å². The number of benzene rings is 1. The molecule has 5 nitrogen and oxygen atoms in total. The van der Waals surface area contributed by atoms with Crippen LogP contribution in [-0.4, -0.2) is 26.9 Å². The van der Waals surface area contributed by atoms with Gasteiger partial charge in [-0.2, -0.15) is 0 Å². The lowest BCUT2D eigenvalue weighted by Gasteiger charge is -2.13. The minimum Gasteiger partial charge on any atom is -0.508 e. The molecular weight excluding hydrogens is 200 g/mol. The van der Waals surface area contributed by atoms with Crippen molar-refractivity contribution in [2.45, 2.75) is 0 Å². The number of ketones is 2. The fourth-order valence-electron chi connectivity index (χ4n) is 1.39. The van der Waals surface area contributed by atoms with Crippen LogP contribution < -0.4 is 0 Å². The molecule has 0 atom stereocenters. The Hall–Kier alpha value is -2.30. The second-order valence-corrected chi connectivity index (χ2v) is 3.09. The van der Waals surface area contributed by atoms with Crippen molar-refractivity contribution in [3.63, 3.8) is 0 Å². The van der Waals surface area contributed by atoms with Crippen LogP contribution in [0.2, 0.25) is 0 Å². The predicted octanol–water partition coefficient (Wildman–Crippen LogP) is 1.10. The zero-order chi connectivity index (χ0) is 11.2. The van der Waals surface area contributed by atoms with Crippen LogP contribution in [0.25, 0.3) is 0 Å².